The van der Waals surface area contributed by atoms with Gasteiger partial charge in [-0.05, 0) is 12.8 Å². The fourth-order valence-electron chi connectivity index (χ4n) is 2.05. The minimum absolute atomic E-state index is 0.530. The lowest BCUT2D eigenvalue weighted by Gasteiger charge is -2.11. The van der Waals surface area contributed by atoms with Crippen LogP contribution in [0.4, 0.5) is 11.8 Å². The maximum atomic E-state index is 5.06. The van der Waals surface area contributed by atoms with Crippen molar-refractivity contribution in [2.75, 3.05) is 30.9 Å². The Morgan fingerprint density at radius 3 is 2.71 bits per heavy atom. The molecule has 2 aromatic rings. The summed E-state index contributed by atoms with van der Waals surface area (Å²) in [5, 5.41) is 6.64. The number of hydrogen-bond donors (Lipinski definition) is 2. The van der Waals surface area contributed by atoms with Gasteiger partial charge in [-0.3, -0.25) is 0 Å². The van der Waals surface area contributed by atoms with Crippen LogP contribution in [0.2, 0.25) is 0 Å². The lowest BCUT2D eigenvalue weighted by Crippen LogP contribution is -2.12. The Morgan fingerprint density at radius 2 is 2.00 bits per heavy atom. The number of benzene rings is 1. The van der Waals surface area contributed by atoms with Gasteiger partial charge in [0.15, 0.2) is 0 Å². The number of hydrogen-bond acceptors (Lipinski definition) is 5. The van der Waals surface area contributed by atoms with Gasteiger partial charge in [-0.1, -0.05) is 30.3 Å². The molecule has 1 aliphatic carbocycles. The summed E-state index contributed by atoms with van der Waals surface area (Å²) in [6.07, 6.45) is 2.40. The van der Waals surface area contributed by atoms with Crippen LogP contribution in [0.15, 0.2) is 36.4 Å². The van der Waals surface area contributed by atoms with E-state index in [2.05, 4.69) is 32.7 Å². The largest absolute Gasteiger partial charge is 0.383 e. The van der Waals surface area contributed by atoms with Crippen LogP contribution in [-0.2, 0) is 4.74 Å². The van der Waals surface area contributed by atoms with Crippen LogP contribution >= 0.6 is 0 Å². The van der Waals surface area contributed by atoms with Gasteiger partial charge in [0.2, 0.25) is 5.95 Å². The summed E-state index contributed by atoms with van der Waals surface area (Å²) in [5.41, 5.74) is 2.02. The standard InChI is InChI=1S/C16H20N4O/c1-21-10-9-17-15-11-14(12-5-3-2-4-6-12)19-16(20-15)18-13-7-8-13/h2-6,11,13H,7-10H2,1H3,(H2,17,18,19,20). The van der Waals surface area contributed by atoms with E-state index in [1.807, 2.05) is 24.3 Å². The van der Waals surface area contributed by atoms with E-state index in [0.29, 0.717) is 18.6 Å². The highest BCUT2D eigenvalue weighted by Crippen LogP contribution is 2.26. The van der Waals surface area contributed by atoms with Crippen molar-refractivity contribution in [3.63, 3.8) is 0 Å². The van der Waals surface area contributed by atoms with Crippen LogP contribution in [0, 0.1) is 0 Å². The number of methoxy groups -OCH3 is 1. The van der Waals surface area contributed by atoms with Gasteiger partial charge in [-0.25, -0.2) is 4.98 Å². The van der Waals surface area contributed by atoms with Crippen molar-refractivity contribution in [3.05, 3.63) is 36.4 Å². The zero-order valence-electron chi connectivity index (χ0n) is 12.2. The van der Waals surface area contributed by atoms with E-state index in [1.165, 1.54) is 12.8 Å². The summed E-state index contributed by atoms with van der Waals surface area (Å²) in [7, 11) is 1.69. The van der Waals surface area contributed by atoms with Crippen LogP contribution in [0.25, 0.3) is 11.3 Å². The molecular weight excluding hydrogens is 264 g/mol. The van der Waals surface area contributed by atoms with Gasteiger partial charge in [-0.2, -0.15) is 4.98 Å². The van der Waals surface area contributed by atoms with Gasteiger partial charge < -0.3 is 15.4 Å². The molecule has 0 bridgehead atoms. The van der Waals surface area contributed by atoms with Gasteiger partial charge >= 0.3 is 0 Å². The van der Waals surface area contributed by atoms with E-state index in [0.717, 1.165) is 23.6 Å². The van der Waals surface area contributed by atoms with Gasteiger partial charge in [0, 0.05) is 31.3 Å². The van der Waals surface area contributed by atoms with E-state index in [-0.39, 0.29) is 0 Å². The highest BCUT2D eigenvalue weighted by Gasteiger charge is 2.22. The Balaban J connectivity index is 1.84. The molecule has 0 spiro atoms. The molecule has 0 unspecified atom stereocenters. The molecule has 21 heavy (non-hydrogen) atoms. The Kier molecular flexibility index (Phi) is 4.31. The third-order valence-corrected chi connectivity index (χ3v) is 3.32. The fourth-order valence-corrected chi connectivity index (χ4v) is 2.05. The Morgan fingerprint density at radius 1 is 1.19 bits per heavy atom. The maximum absolute atomic E-state index is 5.06. The summed E-state index contributed by atoms with van der Waals surface area (Å²) in [6, 6.07) is 12.7. The second-order valence-electron chi connectivity index (χ2n) is 5.17. The van der Waals surface area contributed by atoms with Crippen molar-refractivity contribution in [2.45, 2.75) is 18.9 Å². The van der Waals surface area contributed by atoms with Crippen LogP contribution in [-0.4, -0.2) is 36.3 Å². The molecule has 5 nitrogen and oxygen atoms in total. The molecule has 3 rings (SSSR count). The summed E-state index contributed by atoms with van der Waals surface area (Å²) in [4.78, 5) is 9.14. The minimum Gasteiger partial charge on any atom is -0.383 e. The van der Waals surface area contributed by atoms with E-state index in [9.17, 15) is 0 Å². The first-order valence-corrected chi connectivity index (χ1v) is 7.29. The number of anilines is 2. The predicted octanol–water partition coefficient (Wildman–Crippen LogP) is 2.78. The Hall–Kier alpha value is -2.14. The topological polar surface area (TPSA) is 59.1 Å². The summed E-state index contributed by atoms with van der Waals surface area (Å²) in [6.45, 7) is 1.38. The maximum Gasteiger partial charge on any atom is 0.225 e. The van der Waals surface area contributed by atoms with Gasteiger partial charge in [0.05, 0.1) is 12.3 Å². The van der Waals surface area contributed by atoms with E-state index in [1.54, 1.807) is 7.11 Å². The number of nitrogens with zero attached hydrogens (tertiary/aromatic N) is 2. The predicted molar refractivity (Wildman–Crippen MR) is 84.5 cm³/mol. The third-order valence-electron chi connectivity index (χ3n) is 3.32. The van der Waals surface area contributed by atoms with E-state index >= 15 is 0 Å². The summed E-state index contributed by atoms with van der Waals surface area (Å²) in [5.74, 6) is 1.52. The molecule has 0 aliphatic heterocycles. The first kappa shape index (κ1) is 13.8. The zero-order valence-corrected chi connectivity index (χ0v) is 12.2. The molecule has 0 atom stereocenters. The molecule has 1 aromatic carbocycles. The number of nitrogens with one attached hydrogen (secondary N) is 2. The normalized spacial score (nSPS) is 14.0. The lowest BCUT2D eigenvalue weighted by molar-refractivity contribution is 0.210. The van der Waals surface area contributed by atoms with Crippen molar-refractivity contribution in [2.24, 2.45) is 0 Å². The summed E-state index contributed by atoms with van der Waals surface area (Å²) >= 11 is 0. The second kappa shape index (κ2) is 6.54. The molecule has 2 N–H and O–H groups in total. The van der Waals surface area contributed by atoms with Crippen LogP contribution in [0.3, 0.4) is 0 Å². The Labute approximate surface area is 124 Å². The van der Waals surface area contributed by atoms with Crippen LogP contribution in [0.5, 0.6) is 0 Å². The highest BCUT2D eigenvalue weighted by molar-refractivity contribution is 5.64. The van der Waals surface area contributed by atoms with Crippen molar-refractivity contribution < 1.29 is 4.74 Å². The molecule has 0 saturated heterocycles. The number of rotatable bonds is 7. The zero-order chi connectivity index (χ0) is 14.5. The number of ether oxygens (including phenoxy) is 1. The van der Waals surface area contributed by atoms with Crippen molar-refractivity contribution in [1.82, 2.24) is 9.97 Å². The molecule has 0 radical (unpaired) electrons. The molecule has 1 aliphatic rings. The summed E-state index contributed by atoms with van der Waals surface area (Å²) < 4.78 is 5.06. The molecule has 1 aromatic heterocycles. The van der Waals surface area contributed by atoms with Crippen molar-refractivity contribution in [3.8, 4) is 11.3 Å². The first-order valence-electron chi connectivity index (χ1n) is 7.29. The third kappa shape index (κ3) is 3.92. The van der Waals surface area contributed by atoms with E-state index in [4.69, 9.17) is 4.74 Å². The smallest absolute Gasteiger partial charge is 0.225 e. The SMILES string of the molecule is COCCNc1cc(-c2ccccc2)nc(NC2CC2)n1. The van der Waals surface area contributed by atoms with Crippen molar-refractivity contribution in [1.29, 1.82) is 0 Å². The molecular formula is C16H20N4O. The minimum atomic E-state index is 0.530. The fraction of sp³-hybridized carbons (Fsp3) is 0.375. The quantitative estimate of drug-likeness (QED) is 0.766. The average molecular weight is 284 g/mol. The van der Waals surface area contributed by atoms with Crippen LogP contribution in [0.1, 0.15) is 12.8 Å². The molecule has 110 valence electrons. The molecule has 1 saturated carbocycles. The first-order chi connectivity index (χ1) is 10.3. The number of aromatic nitrogens is 2. The highest BCUT2D eigenvalue weighted by atomic mass is 16.5. The molecule has 0 amide bonds. The molecule has 1 heterocycles. The second-order valence-corrected chi connectivity index (χ2v) is 5.17. The van der Waals surface area contributed by atoms with Gasteiger partial charge in [-0.15, -0.1) is 0 Å². The monoisotopic (exact) mass is 284 g/mol. The lowest BCUT2D eigenvalue weighted by atomic mass is 10.1. The molecule has 5 heteroatoms. The molecule has 1 fully saturated rings. The van der Waals surface area contributed by atoms with E-state index < -0.39 is 0 Å². The van der Waals surface area contributed by atoms with Gasteiger partial charge in [0.1, 0.15) is 5.82 Å². The average Bonchev–Trinajstić information content (AvgIpc) is 3.32. The van der Waals surface area contributed by atoms with Crippen LogP contribution < -0.4 is 10.6 Å². The van der Waals surface area contributed by atoms with Crippen molar-refractivity contribution >= 4 is 11.8 Å². The van der Waals surface area contributed by atoms with Gasteiger partial charge in [0.25, 0.3) is 0 Å². The Bertz CT molecular complexity index is 584.